The first kappa shape index (κ1) is 14.3. The SMILES string of the molecule is CCOC(=O)c1c(N)nsc1NCc1cn(C)nc1C. The highest BCUT2D eigenvalue weighted by molar-refractivity contribution is 7.11. The zero-order chi connectivity index (χ0) is 14.7. The van der Waals surface area contributed by atoms with Crippen LogP contribution in [0.15, 0.2) is 6.20 Å². The summed E-state index contributed by atoms with van der Waals surface area (Å²) in [6, 6.07) is 0. The Bertz CT molecular complexity index is 619. The lowest BCUT2D eigenvalue weighted by atomic mass is 10.2. The number of nitrogens with one attached hydrogen (secondary N) is 1. The molecule has 0 atom stereocenters. The summed E-state index contributed by atoms with van der Waals surface area (Å²) in [7, 11) is 1.87. The minimum atomic E-state index is -0.454. The maximum absolute atomic E-state index is 11.8. The Balaban J connectivity index is 2.14. The van der Waals surface area contributed by atoms with E-state index >= 15 is 0 Å². The average Bonchev–Trinajstić information content (AvgIpc) is 2.90. The monoisotopic (exact) mass is 295 g/mol. The van der Waals surface area contributed by atoms with Crippen molar-refractivity contribution >= 4 is 28.3 Å². The zero-order valence-corrected chi connectivity index (χ0v) is 12.5. The predicted molar refractivity (Wildman–Crippen MR) is 77.8 cm³/mol. The van der Waals surface area contributed by atoms with E-state index in [1.54, 1.807) is 11.6 Å². The van der Waals surface area contributed by atoms with Crippen LogP contribution in [0.25, 0.3) is 0 Å². The Kier molecular flexibility index (Phi) is 4.23. The van der Waals surface area contributed by atoms with Gasteiger partial charge < -0.3 is 15.8 Å². The van der Waals surface area contributed by atoms with Crippen molar-refractivity contribution in [3.05, 3.63) is 23.0 Å². The number of carbonyl (C=O) groups is 1. The molecule has 0 aliphatic rings. The van der Waals surface area contributed by atoms with Crippen LogP contribution in [-0.4, -0.2) is 26.7 Å². The maximum Gasteiger partial charge on any atom is 0.344 e. The van der Waals surface area contributed by atoms with Gasteiger partial charge in [-0.3, -0.25) is 4.68 Å². The molecule has 0 aliphatic heterocycles. The molecule has 0 fully saturated rings. The van der Waals surface area contributed by atoms with Gasteiger partial charge >= 0.3 is 5.97 Å². The minimum Gasteiger partial charge on any atom is -0.462 e. The number of hydrogen-bond donors (Lipinski definition) is 2. The van der Waals surface area contributed by atoms with Crippen LogP contribution in [0.5, 0.6) is 0 Å². The van der Waals surface area contributed by atoms with Crippen molar-refractivity contribution in [1.82, 2.24) is 14.2 Å². The largest absolute Gasteiger partial charge is 0.462 e. The first-order valence-corrected chi connectivity index (χ1v) is 6.95. The van der Waals surface area contributed by atoms with Crippen LogP contribution in [0.2, 0.25) is 0 Å². The lowest BCUT2D eigenvalue weighted by Crippen LogP contribution is -2.10. The highest BCUT2D eigenvalue weighted by atomic mass is 32.1. The van der Waals surface area contributed by atoms with Crippen molar-refractivity contribution in [2.75, 3.05) is 17.7 Å². The summed E-state index contributed by atoms with van der Waals surface area (Å²) in [5.41, 5.74) is 8.01. The molecule has 8 heteroatoms. The number of nitrogens with two attached hydrogens (primary N) is 1. The second-order valence-electron chi connectivity index (χ2n) is 4.26. The first-order valence-electron chi connectivity index (χ1n) is 6.18. The van der Waals surface area contributed by atoms with Gasteiger partial charge in [0, 0.05) is 25.4 Å². The van der Waals surface area contributed by atoms with E-state index in [0.717, 1.165) is 22.8 Å². The lowest BCUT2D eigenvalue weighted by molar-refractivity contribution is 0.0529. The second-order valence-corrected chi connectivity index (χ2v) is 5.03. The Morgan fingerprint density at radius 3 is 2.95 bits per heavy atom. The van der Waals surface area contributed by atoms with E-state index in [1.165, 1.54) is 0 Å². The molecule has 0 saturated carbocycles. The molecule has 2 aromatic heterocycles. The fourth-order valence-corrected chi connectivity index (χ4v) is 2.52. The second kappa shape index (κ2) is 5.91. The summed E-state index contributed by atoms with van der Waals surface area (Å²) in [6.45, 7) is 4.53. The molecule has 0 saturated heterocycles. The Hall–Kier alpha value is -2.09. The van der Waals surface area contributed by atoms with E-state index < -0.39 is 5.97 Å². The van der Waals surface area contributed by atoms with Crippen LogP contribution in [-0.2, 0) is 18.3 Å². The standard InChI is InChI=1S/C12H17N5O2S/c1-4-19-12(18)9-10(13)16-20-11(9)14-5-8-6-17(3)15-7(8)2/h6,14H,4-5H2,1-3H3,(H2,13,16). The summed E-state index contributed by atoms with van der Waals surface area (Å²) >= 11 is 1.15. The number of rotatable bonds is 5. The smallest absolute Gasteiger partial charge is 0.344 e. The van der Waals surface area contributed by atoms with Crippen LogP contribution in [0.1, 0.15) is 28.5 Å². The number of aromatic nitrogens is 3. The van der Waals surface area contributed by atoms with Gasteiger partial charge in [0.05, 0.1) is 12.3 Å². The van der Waals surface area contributed by atoms with Crippen molar-refractivity contribution in [3.8, 4) is 0 Å². The predicted octanol–water partition coefficient (Wildman–Crippen LogP) is 1.56. The average molecular weight is 295 g/mol. The molecule has 0 unspecified atom stereocenters. The van der Waals surface area contributed by atoms with Crippen molar-refractivity contribution in [1.29, 1.82) is 0 Å². The van der Waals surface area contributed by atoms with Crippen LogP contribution in [0.4, 0.5) is 10.8 Å². The highest BCUT2D eigenvalue weighted by Crippen LogP contribution is 2.28. The van der Waals surface area contributed by atoms with Crippen LogP contribution in [0.3, 0.4) is 0 Å². The molecule has 2 rings (SSSR count). The number of ether oxygens (including phenoxy) is 1. The third-order valence-electron chi connectivity index (χ3n) is 2.75. The van der Waals surface area contributed by atoms with E-state index in [2.05, 4.69) is 14.8 Å². The maximum atomic E-state index is 11.8. The van der Waals surface area contributed by atoms with Crippen molar-refractivity contribution in [2.45, 2.75) is 20.4 Å². The molecule has 0 bridgehead atoms. The van der Waals surface area contributed by atoms with Gasteiger partial charge in [0.25, 0.3) is 0 Å². The van der Waals surface area contributed by atoms with E-state index in [1.807, 2.05) is 20.2 Å². The molecule has 7 nitrogen and oxygen atoms in total. The van der Waals surface area contributed by atoms with Crippen LogP contribution >= 0.6 is 11.5 Å². The van der Waals surface area contributed by atoms with Gasteiger partial charge in [0.2, 0.25) is 0 Å². The summed E-state index contributed by atoms with van der Waals surface area (Å²) in [5, 5.41) is 8.04. The molecular weight excluding hydrogens is 278 g/mol. The molecule has 0 radical (unpaired) electrons. The molecule has 2 heterocycles. The minimum absolute atomic E-state index is 0.193. The van der Waals surface area contributed by atoms with Gasteiger partial charge in [-0.15, -0.1) is 0 Å². The summed E-state index contributed by atoms with van der Waals surface area (Å²) in [4.78, 5) is 11.8. The first-order chi connectivity index (χ1) is 9.52. The summed E-state index contributed by atoms with van der Waals surface area (Å²) < 4.78 is 10.7. The highest BCUT2D eigenvalue weighted by Gasteiger charge is 2.20. The molecule has 3 N–H and O–H groups in total. The number of hydrogen-bond acceptors (Lipinski definition) is 7. The Labute approximate surface area is 120 Å². The third-order valence-corrected chi connectivity index (χ3v) is 3.57. The molecule has 0 aliphatic carbocycles. The van der Waals surface area contributed by atoms with E-state index in [4.69, 9.17) is 10.5 Å². The topological polar surface area (TPSA) is 95.1 Å². The Morgan fingerprint density at radius 1 is 1.60 bits per heavy atom. The molecule has 20 heavy (non-hydrogen) atoms. The quantitative estimate of drug-likeness (QED) is 0.813. The number of aryl methyl sites for hydroxylation is 2. The molecule has 108 valence electrons. The van der Waals surface area contributed by atoms with E-state index in [9.17, 15) is 4.79 Å². The lowest BCUT2D eigenvalue weighted by Gasteiger charge is -2.06. The zero-order valence-electron chi connectivity index (χ0n) is 11.6. The molecule has 0 spiro atoms. The van der Waals surface area contributed by atoms with Crippen molar-refractivity contribution in [2.24, 2.45) is 7.05 Å². The van der Waals surface area contributed by atoms with Gasteiger partial charge in [0.15, 0.2) is 5.82 Å². The van der Waals surface area contributed by atoms with Gasteiger partial charge in [0.1, 0.15) is 10.6 Å². The molecule has 2 aromatic rings. The molecular formula is C12H17N5O2S. The summed E-state index contributed by atoms with van der Waals surface area (Å²) in [6.07, 6.45) is 1.93. The third kappa shape index (κ3) is 2.90. The molecule has 0 aromatic carbocycles. The fraction of sp³-hybridized carbons (Fsp3) is 0.417. The van der Waals surface area contributed by atoms with Crippen LogP contribution < -0.4 is 11.1 Å². The Morgan fingerprint density at radius 2 is 2.35 bits per heavy atom. The number of carbonyl (C=O) groups excluding carboxylic acids is 1. The van der Waals surface area contributed by atoms with Crippen molar-refractivity contribution < 1.29 is 9.53 Å². The number of nitrogen functional groups attached to an aromatic ring is 1. The van der Waals surface area contributed by atoms with Crippen molar-refractivity contribution in [3.63, 3.8) is 0 Å². The van der Waals surface area contributed by atoms with E-state index in [-0.39, 0.29) is 5.82 Å². The van der Waals surface area contributed by atoms with Gasteiger partial charge in [-0.05, 0) is 25.4 Å². The molecule has 0 amide bonds. The number of anilines is 2. The summed E-state index contributed by atoms with van der Waals surface area (Å²) in [5.74, 6) is -0.261. The fourth-order valence-electron chi connectivity index (χ4n) is 1.82. The number of nitrogens with zero attached hydrogens (tertiary/aromatic N) is 3. The van der Waals surface area contributed by atoms with Gasteiger partial charge in [-0.2, -0.15) is 9.47 Å². The van der Waals surface area contributed by atoms with E-state index in [0.29, 0.717) is 23.7 Å². The van der Waals surface area contributed by atoms with Gasteiger partial charge in [-0.1, -0.05) is 0 Å². The number of esters is 1. The normalized spacial score (nSPS) is 10.6. The van der Waals surface area contributed by atoms with Crippen LogP contribution in [0, 0.1) is 6.92 Å². The van der Waals surface area contributed by atoms with Gasteiger partial charge in [-0.25, -0.2) is 4.79 Å².